The average molecular weight is 295 g/mol. The van der Waals surface area contributed by atoms with Gasteiger partial charge in [-0.1, -0.05) is 6.92 Å². The number of benzene rings is 1. The Bertz CT molecular complexity index is 435. The van der Waals surface area contributed by atoms with E-state index in [2.05, 4.69) is 12.2 Å². The van der Waals surface area contributed by atoms with Crippen LogP contribution < -0.4 is 24.3 Å². The SMILES string of the molecule is CCNC(COc1cc(OC)c(OC)c(OC)c1)C1CC1. The zero-order chi connectivity index (χ0) is 15.2. The number of nitrogens with one attached hydrogen (secondary N) is 1. The number of likely N-dealkylation sites (N-methyl/N-ethyl adjacent to an activating group) is 1. The number of methoxy groups -OCH3 is 3. The van der Waals surface area contributed by atoms with Crippen LogP contribution in [0.25, 0.3) is 0 Å². The lowest BCUT2D eigenvalue weighted by molar-refractivity contribution is 0.247. The number of hydrogen-bond donors (Lipinski definition) is 1. The molecule has 0 aliphatic heterocycles. The van der Waals surface area contributed by atoms with Crippen molar-refractivity contribution >= 4 is 0 Å². The number of hydrogen-bond acceptors (Lipinski definition) is 5. The Morgan fingerprint density at radius 2 is 1.71 bits per heavy atom. The monoisotopic (exact) mass is 295 g/mol. The Labute approximate surface area is 126 Å². The second-order valence-corrected chi connectivity index (χ2v) is 5.17. The van der Waals surface area contributed by atoms with Gasteiger partial charge in [0.25, 0.3) is 0 Å². The van der Waals surface area contributed by atoms with Gasteiger partial charge in [-0.3, -0.25) is 0 Å². The minimum Gasteiger partial charge on any atom is -0.493 e. The highest BCUT2D eigenvalue weighted by Gasteiger charge is 2.31. The van der Waals surface area contributed by atoms with E-state index < -0.39 is 0 Å². The summed E-state index contributed by atoms with van der Waals surface area (Å²) in [5.41, 5.74) is 0. The van der Waals surface area contributed by atoms with Crippen LogP contribution in [0.4, 0.5) is 0 Å². The van der Waals surface area contributed by atoms with Gasteiger partial charge in [-0.15, -0.1) is 0 Å². The number of rotatable bonds is 9. The maximum absolute atomic E-state index is 5.93. The van der Waals surface area contributed by atoms with E-state index in [-0.39, 0.29) is 0 Å². The minimum absolute atomic E-state index is 0.411. The Kier molecular flexibility index (Phi) is 5.56. The zero-order valence-corrected chi connectivity index (χ0v) is 13.3. The molecule has 118 valence electrons. The molecule has 1 aliphatic rings. The van der Waals surface area contributed by atoms with Crippen LogP contribution >= 0.6 is 0 Å². The predicted molar refractivity (Wildman–Crippen MR) is 81.8 cm³/mol. The van der Waals surface area contributed by atoms with Gasteiger partial charge in [-0.05, 0) is 25.3 Å². The highest BCUT2D eigenvalue weighted by Crippen LogP contribution is 2.41. The molecule has 2 rings (SSSR count). The third kappa shape index (κ3) is 3.94. The first kappa shape index (κ1) is 15.8. The molecule has 1 aliphatic carbocycles. The molecule has 1 aromatic rings. The molecule has 0 radical (unpaired) electrons. The standard InChI is InChI=1S/C16H25NO4/c1-5-17-13(11-6-7-11)10-21-12-8-14(18-2)16(20-4)15(9-12)19-3/h8-9,11,13,17H,5-7,10H2,1-4H3. The first-order valence-corrected chi connectivity index (χ1v) is 7.39. The van der Waals surface area contributed by atoms with Gasteiger partial charge in [0.2, 0.25) is 5.75 Å². The zero-order valence-electron chi connectivity index (χ0n) is 13.3. The van der Waals surface area contributed by atoms with Crippen LogP contribution in [0.15, 0.2) is 12.1 Å². The summed E-state index contributed by atoms with van der Waals surface area (Å²) in [5, 5.41) is 3.48. The van der Waals surface area contributed by atoms with E-state index in [1.54, 1.807) is 21.3 Å². The fourth-order valence-corrected chi connectivity index (χ4v) is 2.45. The van der Waals surface area contributed by atoms with Gasteiger partial charge in [-0.2, -0.15) is 0 Å². The van der Waals surface area contributed by atoms with Crippen molar-refractivity contribution < 1.29 is 18.9 Å². The van der Waals surface area contributed by atoms with Gasteiger partial charge < -0.3 is 24.3 Å². The quantitative estimate of drug-likeness (QED) is 0.758. The van der Waals surface area contributed by atoms with Crippen LogP contribution in [-0.4, -0.2) is 40.5 Å². The van der Waals surface area contributed by atoms with Crippen molar-refractivity contribution in [2.45, 2.75) is 25.8 Å². The second kappa shape index (κ2) is 7.41. The van der Waals surface area contributed by atoms with Gasteiger partial charge in [0.1, 0.15) is 12.4 Å². The lowest BCUT2D eigenvalue weighted by Gasteiger charge is -2.19. The van der Waals surface area contributed by atoms with Crippen molar-refractivity contribution in [1.82, 2.24) is 5.32 Å². The van der Waals surface area contributed by atoms with Crippen LogP contribution in [0.5, 0.6) is 23.0 Å². The second-order valence-electron chi connectivity index (χ2n) is 5.17. The summed E-state index contributed by atoms with van der Waals surface area (Å²) in [4.78, 5) is 0. The van der Waals surface area contributed by atoms with E-state index >= 15 is 0 Å². The maximum atomic E-state index is 5.93. The maximum Gasteiger partial charge on any atom is 0.203 e. The Morgan fingerprint density at radius 3 is 2.14 bits per heavy atom. The van der Waals surface area contributed by atoms with Crippen LogP contribution in [0.2, 0.25) is 0 Å². The molecule has 1 aromatic carbocycles. The van der Waals surface area contributed by atoms with Gasteiger partial charge >= 0.3 is 0 Å². The summed E-state index contributed by atoms with van der Waals surface area (Å²) in [6.45, 7) is 3.73. The smallest absolute Gasteiger partial charge is 0.203 e. The molecule has 1 unspecified atom stereocenters. The molecule has 1 fully saturated rings. The number of ether oxygens (including phenoxy) is 4. The molecule has 0 heterocycles. The van der Waals surface area contributed by atoms with E-state index in [1.165, 1.54) is 12.8 Å². The van der Waals surface area contributed by atoms with Crippen molar-refractivity contribution in [1.29, 1.82) is 0 Å². The first-order valence-electron chi connectivity index (χ1n) is 7.39. The third-order valence-corrected chi connectivity index (χ3v) is 3.73. The summed E-state index contributed by atoms with van der Waals surface area (Å²) in [6, 6.07) is 4.07. The van der Waals surface area contributed by atoms with Gasteiger partial charge in [-0.25, -0.2) is 0 Å². The fourth-order valence-electron chi connectivity index (χ4n) is 2.45. The van der Waals surface area contributed by atoms with Crippen molar-refractivity contribution in [2.24, 2.45) is 5.92 Å². The third-order valence-electron chi connectivity index (χ3n) is 3.73. The van der Waals surface area contributed by atoms with E-state index in [4.69, 9.17) is 18.9 Å². The molecule has 0 aromatic heterocycles. The molecule has 5 heteroatoms. The lowest BCUT2D eigenvalue weighted by Crippen LogP contribution is -2.36. The van der Waals surface area contributed by atoms with Crippen molar-refractivity contribution in [2.75, 3.05) is 34.5 Å². The van der Waals surface area contributed by atoms with Crippen molar-refractivity contribution in [3.63, 3.8) is 0 Å². The summed E-state index contributed by atoms with van der Waals surface area (Å²) in [6.07, 6.45) is 2.58. The molecule has 0 spiro atoms. The van der Waals surface area contributed by atoms with E-state index in [1.807, 2.05) is 12.1 Å². The molecule has 1 atom stereocenters. The summed E-state index contributed by atoms with van der Waals surface area (Å²) in [5.74, 6) is 3.27. The Balaban J connectivity index is 2.08. The molecular weight excluding hydrogens is 270 g/mol. The molecule has 21 heavy (non-hydrogen) atoms. The summed E-state index contributed by atoms with van der Waals surface area (Å²) in [7, 11) is 4.80. The molecule has 0 saturated heterocycles. The molecule has 0 amide bonds. The predicted octanol–water partition coefficient (Wildman–Crippen LogP) is 2.48. The van der Waals surface area contributed by atoms with Crippen LogP contribution in [0, 0.1) is 5.92 Å². The molecule has 1 saturated carbocycles. The van der Waals surface area contributed by atoms with Crippen molar-refractivity contribution in [3.8, 4) is 23.0 Å². The highest BCUT2D eigenvalue weighted by atomic mass is 16.5. The van der Waals surface area contributed by atoms with E-state index in [0.717, 1.165) is 18.2 Å². The van der Waals surface area contributed by atoms with Gasteiger partial charge in [0.15, 0.2) is 11.5 Å². The topological polar surface area (TPSA) is 49.0 Å². The van der Waals surface area contributed by atoms with Gasteiger partial charge in [0, 0.05) is 18.2 Å². The highest BCUT2D eigenvalue weighted by molar-refractivity contribution is 5.55. The molecule has 1 N–H and O–H groups in total. The molecule has 5 nitrogen and oxygen atoms in total. The lowest BCUT2D eigenvalue weighted by atomic mass is 10.2. The molecular formula is C16H25NO4. The summed E-state index contributed by atoms with van der Waals surface area (Å²) >= 11 is 0. The van der Waals surface area contributed by atoms with Crippen LogP contribution in [0.1, 0.15) is 19.8 Å². The van der Waals surface area contributed by atoms with Gasteiger partial charge in [0.05, 0.1) is 21.3 Å². The van der Waals surface area contributed by atoms with Crippen LogP contribution in [0.3, 0.4) is 0 Å². The van der Waals surface area contributed by atoms with E-state index in [0.29, 0.717) is 29.9 Å². The minimum atomic E-state index is 0.411. The Hall–Kier alpha value is -1.62. The van der Waals surface area contributed by atoms with Crippen molar-refractivity contribution in [3.05, 3.63) is 12.1 Å². The summed E-state index contributed by atoms with van der Waals surface area (Å²) < 4.78 is 21.9. The van der Waals surface area contributed by atoms with E-state index in [9.17, 15) is 0 Å². The fraction of sp³-hybridized carbons (Fsp3) is 0.625. The van der Waals surface area contributed by atoms with Crippen LogP contribution in [-0.2, 0) is 0 Å². The molecule has 0 bridgehead atoms. The Morgan fingerprint density at radius 1 is 1.10 bits per heavy atom. The first-order chi connectivity index (χ1) is 10.2. The largest absolute Gasteiger partial charge is 0.493 e. The average Bonchev–Trinajstić information content (AvgIpc) is 3.34. The normalized spacial score (nSPS) is 15.4.